The molecule has 4 rings (SSSR count). The highest BCUT2D eigenvalue weighted by molar-refractivity contribution is 5.95. The van der Waals surface area contributed by atoms with Gasteiger partial charge in [-0.3, -0.25) is 4.79 Å². The van der Waals surface area contributed by atoms with Crippen molar-refractivity contribution in [1.82, 2.24) is 15.1 Å². The topological polar surface area (TPSA) is 89.6 Å². The van der Waals surface area contributed by atoms with Crippen LogP contribution in [-0.4, -0.2) is 87.5 Å². The third-order valence-electron chi connectivity index (χ3n) is 7.56. The molecule has 40 heavy (non-hydrogen) atoms. The van der Waals surface area contributed by atoms with Crippen LogP contribution in [0.3, 0.4) is 0 Å². The van der Waals surface area contributed by atoms with Gasteiger partial charge in [0.15, 0.2) is 11.5 Å². The van der Waals surface area contributed by atoms with E-state index in [-0.39, 0.29) is 35.9 Å². The molecule has 9 heteroatoms. The highest BCUT2D eigenvalue weighted by atomic mass is 16.6. The van der Waals surface area contributed by atoms with Crippen LogP contribution >= 0.6 is 0 Å². The number of benzene rings is 2. The molecule has 1 N–H and O–H groups in total. The maximum atomic E-state index is 13.8. The molecule has 1 aliphatic carbocycles. The second-order valence-electron chi connectivity index (χ2n) is 10.9. The first kappa shape index (κ1) is 29.7. The standard InChI is InChI=1S/C31H43N3O6/c1-22(2)33(30(35)23-11-14-28(38-4)29(17-23)39-16-8-15-37-3)20-24-18-32-19-25(24)21-34(26-12-13-26)31(36)40-27-9-6-5-7-10-27/h5-7,9-11,14,17,22,24-26,32H,8,12-13,15-16,18-21H2,1-4H3/t24-,25-/m0/s1. The molecule has 0 bridgehead atoms. The fraction of sp³-hybridized carbons (Fsp3) is 0.548. The van der Waals surface area contributed by atoms with E-state index in [1.165, 1.54) is 0 Å². The van der Waals surface area contributed by atoms with Gasteiger partial charge < -0.3 is 34.1 Å². The van der Waals surface area contributed by atoms with E-state index in [9.17, 15) is 9.59 Å². The third kappa shape index (κ3) is 7.88. The molecule has 2 atom stereocenters. The van der Waals surface area contributed by atoms with Gasteiger partial charge in [-0.25, -0.2) is 4.79 Å². The van der Waals surface area contributed by atoms with E-state index in [1.54, 1.807) is 44.6 Å². The van der Waals surface area contributed by atoms with E-state index in [1.807, 2.05) is 41.8 Å². The van der Waals surface area contributed by atoms with Crippen molar-refractivity contribution in [3.05, 3.63) is 54.1 Å². The molecule has 9 nitrogen and oxygen atoms in total. The van der Waals surface area contributed by atoms with Crippen molar-refractivity contribution in [1.29, 1.82) is 0 Å². The second kappa shape index (κ2) is 14.4. The average Bonchev–Trinajstić information content (AvgIpc) is 3.71. The highest BCUT2D eigenvalue weighted by Crippen LogP contribution is 2.32. The number of amides is 2. The summed E-state index contributed by atoms with van der Waals surface area (Å²) in [6, 6.07) is 14.8. The van der Waals surface area contributed by atoms with Crippen molar-refractivity contribution < 1.29 is 28.5 Å². The number of ether oxygens (including phenoxy) is 4. The van der Waals surface area contributed by atoms with Gasteiger partial charge in [-0.15, -0.1) is 0 Å². The summed E-state index contributed by atoms with van der Waals surface area (Å²) in [5.41, 5.74) is 0.560. The monoisotopic (exact) mass is 553 g/mol. The van der Waals surface area contributed by atoms with Gasteiger partial charge in [-0.1, -0.05) is 18.2 Å². The second-order valence-corrected chi connectivity index (χ2v) is 10.9. The number of methoxy groups -OCH3 is 2. The summed E-state index contributed by atoms with van der Waals surface area (Å²) in [6.45, 7) is 7.94. The van der Waals surface area contributed by atoms with Gasteiger partial charge in [0.2, 0.25) is 0 Å². The summed E-state index contributed by atoms with van der Waals surface area (Å²) >= 11 is 0. The zero-order valence-electron chi connectivity index (χ0n) is 24.1. The Morgan fingerprint density at radius 1 is 0.950 bits per heavy atom. The van der Waals surface area contributed by atoms with Crippen LogP contribution in [0, 0.1) is 11.8 Å². The molecule has 1 saturated heterocycles. The molecule has 2 aromatic rings. The van der Waals surface area contributed by atoms with Crippen molar-refractivity contribution in [3.63, 3.8) is 0 Å². The Bertz CT molecular complexity index is 1110. The SMILES string of the molecule is COCCCOc1cc(C(=O)N(C[C@@H]2CNC[C@H]2CN(C(=O)Oc2ccccc2)C2CC2)C(C)C)ccc1OC. The molecule has 1 aliphatic heterocycles. The van der Waals surface area contributed by atoms with Gasteiger partial charge in [-0.05, 0) is 68.9 Å². The van der Waals surface area contributed by atoms with E-state index < -0.39 is 0 Å². The van der Waals surface area contributed by atoms with E-state index >= 15 is 0 Å². The summed E-state index contributed by atoms with van der Waals surface area (Å²) < 4.78 is 22.2. The van der Waals surface area contributed by atoms with Crippen molar-refractivity contribution in [2.75, 3.05) is 53.6 Å². The van der Waals surface area contributed by atoms with Crippen LogP contribution in [0.2, 0.25) is 0 Å². The van der Waals surface area contributed by atoms with Crippen LogP contribution in [0.25, 0.3) is 0 Å². The lowest BCUT2D eigenvalue weighted by Crippen LogP contribution is -2.45. The molecule has 1 heterocycles. The van der Waals surface area contributed by atoms with Gasteiger partial charge in [0, 0.05) is 64.0 Å². The largest absolute Gasteiger partial charge is 0.493 e. The minimum atomic E-state index is -0.299. The first-order valence-electron chi connectivity index (χ1n) is 14.3. The number of nitrogens with zero attached hydrogens (tertiary/aromatic N) is 2. The molecule has 0 radical (unpaired) electrons. The number of para-hydroxylation sites is 1. The molecular formula is C31H43N3O6. The number of rotatable bonds is 14. The Kier molecular flexibility index (Phi) is 10.7. The first-order valence-corrected chi connectivity index (χ1v) is 14.3. The lowest BCUT2D eigenvalue weighted by molar-refractivity contribution is 0.0648. The number of nitrogens with one attached hydrogen (secondary N) is 1. The highest BCUT2D eigenvalue weighted by Gasteiger charge is 2.39. The van der Waals surface area contributed by atoms with E-state index in [4.69, 9.17) is 18.9 Å². The molecule has 218 valence electrons. The molecule has 1 saturated carbocycles. The fourth-order valence-corrected chi connectivity index (χ4v) is 5.13. The maximum absolute atomic E-state index is 13.8. The third-order valence-corrected chi connectivity index (χ3v) is 7.56. The lowest BCUT2D eigenvalue weighted by atomic mass is 9.94. The minimum absolute atomic E-state index is 0.00417. The van der Waals surface area contributed by atoms with Gasteiger partial charge in [0.1, 0.15) is 5.75 Å². The maximum Gasteiger partial charge on any atom is 0.415 e. The predicted molar refractivity (Wildman–Crippen MR) is 153 cm³/mol. The Morgan fingerprint density at radius 3 is 2.33 bits per heavy atom. The van der Waals surface area contributed by atoms with E-state index in [0.29, 0.717) is 49.1 Å². The quantitative estimate of drug-likeness (QED) is 0.346. The zero-order chi connectivity index (χ0) is 28.5. The smallest absolute Gasteiger partial charge is 0.415 e. The Labute approximate surface area is 237 Å². The molecule has 0 aromatic heterocycles. The lowest BCUT2D eigenvalue weighted by Gasteiger charge is -2.33. The summed E-state index contributed by atoms with van der Waals surface area (Å²) in [6.07, 6.45) is 2.44. The molecule has 2 aliphatic rings. The van der Waals surface area contributed by atoms with Crippen molar-refractivity contribution in [2.45, 2.75) is 45.2 Å². The van der Waals surface area contributed by atoms with Crippen molar-refractivity contribution >= 4 is 12.0 Å². The van der Waals surface area contributed by atoms with Gasteiger partial charge in [-0.2, -0.15) is 0 Å². The molecular weight excluding hydrogens is 510 g/mol. The van der Waals surface area contributed by atoms with Crippen molar-refractivity contribution in [3.8, 4) is 17.2 Å². The van der Waals surface area contributed by atoms with E-state index in [2.05, 4.69) is 5.32 Å². The number of hydrogen-bond acceptors (Lipinski definition) is 7. The van der Waals surface area contributed by atoms with Gasteiger partial charge in [0.25, 0.3) is 5.91 Å². The zero-order valence-corrected chi connectivity index (χ0v) is 24.1. The van der Waals surface area contributed by atoms with Crippen LogP contribution in [0.4, 0.5) is 4.79 Å². The molecule has 0 spiro atoms. The summed E-state index contributed by atoms with van der Waals surface area (Å²) in [7, 11) is 3.25. The molecule has 2 fully saturated rings. The predicted octanol–water partition coefficient (Wildman–Crippen LogP) is 4.46. The molecule has 0 unspecified atom stereocenters. The minimum Gasteiger partial charge on any atom is -0.493 e. The molecule has 2 aromatic carbocycles. The average molecular weight is 554 g/mol. The van der Waals surface area contributed by atoms with Crippen molar-refractivity contribution in [2.24, 2.45) is 11.8 Å². The van der Waals surface area contributed by atoms with E-state index in [0.717, 1.165) is 32.4 Å². The van der Waals surface area contributed by atoms with Crippen LogP contribution in [-0.2, 0) is 4.74 Å². The van der Waals surface area contributed by atoms with Gasteiger partial charge in [0.05, 0.1) is 13.7 Å². The van der Waals surface area contributed by atoms with Gasteiger partial charge >= 0.3 is 6.09 Å². The van der Waals surface area contributed by atoms with Crippen LogP contribution in [0.5, 0.6) is 17.2 Å². The van der Waals surface area contributed by atoms with Crippen LogP contribution in [0.15, 0.2) is 48.5 Å². The van der Waals surface area contributed by atoms with Crippen LogP contribution in [0.1, 0.15) is 43.5 Å². The Balaban J connectivity index is 1.43. The first-order chi connectivity index (χ1) is 19.4. The normalized spacial score (nSPS) is 18.4. The fourth-order valence-electron chi connectivity index (χ4n) is 5.13. The Hall–Kier alpha value is -3.30. The number of carbonyl (C=O) groups is 2. The summed E-state index contributed by atoms with van der Waals surface area (Å²) in [5.74, 6) is 2.07. The number of hydrogen-bond donors (Lipinski definition) is 1. The summed E-state index contributed by atoms with van der Waals surface area (Å²) in [5, 5.41) is 3.49. The number of carbonyl (C=O) groups excluding carboxylic acids is 2. The Morgan fingerprint density at radius 2 is 1.68 bits per heavy atom. The summed E-state index contributed by atoms with van der Waals surface area (Å²) in [4.78, 5) is 30.7. The molecule has 2 amide bonds. The van der Waals surface area contributed by atoms with Crippen LogP contribution < -0.4 is 19.5 Å².